The molecule has 0 aliphatic carbocycles. The molecule has 0 aromatic heterocycles. The number of carbonyl (C=O) groups is 2. The van der Waals surface area contributed by atoms with E-state index in [0.29, 0.717) is 22.3 Å². The molecule has 0 bridgehead atoms. The zero-order valence-corrected chi connectivity index (χ0v) is 20.9. The van der Waals surface area contributed by atoms with E-state index in [9.17, 15) is 14.0 Å². The van der Waals surface area contributed by atoms with Gasteiger partial charge in [-0.1, -0.05) is 77.5 Å². The van der Waals surface area contributed by atoms with Crippen molar-refractivity contribution in [2.45, 2.75) is 31.1 Å². The Labute approximate surface area is 217 Å². The van der Waals surface area contributed by atoms with Crippen molar-refractivity contribution in [3.05, 3.63) is 100 Å². The summed E-state index contributed by atoms with van der Waals surface area (Å²) in [6, 6.07) is 21.1. The Morgan fingerprint density at radius 2 is 1.83 bits per heavy atom. The van der Waals surface area contributed by atoms with Crippen molar-refractivity contribution in [1.29, 1.82) is 0 Å². The van der Waals surface area contributed by atoms with Crippen molar-refractivity contribution in [2.75, 3.05) is 5.32 Å². The van der Waals surface area contributed by atoms with Gasteiger partial charge in [-0.15, -0.1) is 0 Å². The highest BCUT2D eigenvalue weighted by molar-refractivity contribution is 8.15. The molecule has 3 aromatic rings. The summed E-state index contributed by atoms with van der Waals surface area (Å²) in [6.45, 7) is 2.02. The molecule has 0 radical (unpaired) electrons. The minimum absolute atomic E-state index is 0.0424. The highest BCUT2D eigenvalue weighted by Crippen LogP contribution is 2.38. The quantitative estimate of drug-likeness (QED) is 0.450. The van der Waals surface area contributed by atoms with E-state index in [1.165, 1.54) is 23.9 Å². The maximum atomic E-state index is 13.5. The standard InChI is InChI=1S/C27H22ClFN4O2S/c1-16-6-8-18(9-7-16)23-14-22(17-10-12-19(29)13-11-17)32-33(23)27-31-26(35)24(36-27)15-25(34)30-21-5-3-2-4-20(21)28/h2-13,23-24H,14-15H2,1H3,(H,30,34)/t23-,24+/m1/s1. The Kier molecular flexibility index (Phi) is 6.89. The van der Waals surface area contributed by atoms with E-state index in [1.807, 2.05) is 31.2 Å². The third-order valence-electron chi connectivity index (χ3n) is 5.99. The largest absolute Gasteiger partial charge is 0.325 e. The number of nitrogens with zero attached hydrogens (tertiary/aromatic N) is 3. The van der Waals surface area contributed by atoms with Crippen LogP contribution in [0.1, 0.15) is 35.6 Å². The zero-order chi connectivity index (χ0) is 25.2. The van der Waals surface area contributed by atoms with Crippen molar-refractivity contribution >= 4 is 51.7 Å². The van der Waals surface area contributed by atoms with Gasteiger partial charge in [-0.3, -0.25) is 9.59 Å². The summed E-state index contributed by atoms with van der Waals surface area (Å²) in [5.41, 5.74) is 4.23. The van der Waals surface area contributed by atoms with Gasteiger partial charge in [-0.2, -0.15) is 10.1 Å². The normalized spacial score (nSPS) is 19.3. The highest BCUT2D eigenvalue weighted by Gasteiger charge is 2.39. The zero-order valence-electron chi connectivity index (χ0n) is 19.3. The molecule has 0 saturated carbocycles. The Morgan fingerprint density at radius 3 is 2.56 bits per heavy atom. The number of amidine groups is 1. The average Bonchev–Trinajstić information content (AvgIpc) is 3.45. The molecule has 0 fully saturated rings. The number of aliphatic imine (C=N–C) groups is 1. The Morgan fingerprint density at radius 1 is 1.11 bits per heavy atom. The van der Waals surface area contributed by atoms with E-state index < -0.39 is 5.25 Å². The molecule has 0 saturated heterocycles. The summed E-state index contributed by atoms with van der Waals surface area (Å²) in [7, 11) is 0. The third kappa shape index (κ3) is 5.20. The number of rotatable bonds is 5. The lowest BCUT2D eigenvalue weighted by Gasteiger charge is -2.23. The average molecular weight is 521 g/mol. The molecule has 1 N–H and O–H groups in total. The first-order chi connectivity index (χ1) is 17.4. The molecule has 36 heavy (non-hydrogen) atoms. The summed E-state index contributed by atoms with van der Waals surface area (Å²) < 4.78 is 13.5. The van der Waals surface area contributed by atoms with Crippen LogP contribution in [-0.4, -0.2) is 33.0 Å². The lowest BCUT2D eigenvalue weighted by Crippen LogP contribution is -2.25. The number of hydrazone groups is 1. The van der Waals surface area contributed by atoms with Gasteiger partial charge in [0.15, 0.2) is 5.17 Å². The van der Waals surface area contributed by atoms with Crippen LogP contribution < -0.4 is 5.32 Å². The number of thioether (sulfide) groups is 1. The summed E-state index contributed by atoms with van der Waals surface area (Å²) in [5.74, 6) is -1.02. The first-order valence-corrected chi connectivity index (χ1v) is 12.7. The first-order valence-electron chi connectivity index (χ1n) is 11.4. The molecule has 2 aliphatic rings. The molecule has 182 valence electrons. The molecule has 2 heterocycles. The lowest BCUT2D eigenvalue weighted by molar-refractivity contribution is -0.121. The number of para-hydroxylation sites is 1. The minimum atomic E-state index is -0.661. The van der Waals surface area contributed by atoms with Gasteiger partial charge in [-0.25, -0.2) is 9.40 Å². The van der Waals surface area contributed by atoms with Gasteiger partial charge in [-0.05, 0) is 42.3 Å². The molecule has 5 rings (SSSR count). The van der Waals surface area contributed by atoms with Crippen molar-refractivity contribution in [1.82, 2.24) is 5.01 Å². The van der Waals surface area contributed by atoms with Gasteiger partial charge in [0.05, 0.1) is 22.5 Å². The van der Waals surface area contributed by atoms with Gasteiger partial charge >= 0.3 is 0 Å². The predicted octanol–water partition coefficient (Wildman–Crippen LogP) is 5.97. The Balaban J connectivity index is 1.36. The molecular formula is C27H22ClFN4O2S. The third-order valence-corrected chi connectivity index (χ3v) is 7.47. The fourth-order valence-electron chi connectivity index (χ4n) is 4.09. The fraction of sp³-hybridized carbons (Fsp3) is 0.185. The summed E-state index contributed by atoms with van der Waals surface area (Å²) in [6.07, 6.45) is 0.527. The molecule has 2 amide bonds. The summed E-state index contributed by atoms with van der Waals surface area (Å²) in [4.78, 5) is 29.6. The van der Waals surface area contributed by atoms with Crippen molar-refractivity contribution in [3.63, 3.8) is 0 Å². The molecule has 2 atom stereocenters. The summed E-state index contributed by atoms with van der Waals surface area (Å²) >= 11 is 7.35. The number of halogens is 2. The van der Waals surface area contributed by atoms with E-state index in [-0.39, 0.29) is 30.1 Å². The first kappa shape index (κ1) is 24.2. The van der Waals surface area contributed by atoms with E-state index in [2.05, 4.69) is 10.3 Å². The second-order valence-electron chi connectivity index (χ2n) is 8.60. The van der Waals surface area contributed by atoms with Crippen LogP contribution in [0.3, 0.4) is 0 Å². The van der Waals surface area contributed by atoms with E-state index in [0.717, 1.165) is 22.4 Å². The SMILES string of the molecule is Cc1ccc([C@H]2CC(c3ccc(F)cc3)=NN2C2=NC(=O)[C@H](CC(=O)Nc3ccccc3Cl)S2)cc1. The maximum absolute atomic E-state index is 13.5. The fourth-order valence-corrected chi connectivity index (χ4v) is 5.33. The second kappa shape index (κ2) is 10.2. The van der Waals surface area contributed by atoms with Crippen molar-refractivity contribution in [2.24, 2.45) is 10.1 Å². The number of aryl methyl sites for hydroxylation is 1. The maximum Gasteiger partial charge on any atom is 0.262 e. The van der Waals surface area contributed by atoms with Gasteiger partial charge in [0, 0.05) is 12.8 Å². The van der Waals surface area contributed by atoms with Crippen LogP contribution in [0, 0.1) is 12.7 Å². The van der Waals surface area contributed by atoms with Crippen LogP contribution in [0.2, 0.25) is 5.02 Å². The van der Waals surface area contributed by atoms with E-state index >= 15 is 0 Å². The molecule has 0 unspecified atom stereocenters. The Bertz CT molecular complexity index is 1380. The lowest BCUT2D eigenvalue weighted by atomic mass is 9.98. The van der Waals surface area contributed by atoms with Crippen LogP contribution in [0.25, 0.3) is 0 Å². The van der Waals surface area contributed by atoms with Gasteiger partial charge < -0.3 is 5.32 Å². The number of hydrogen-bond donors (Lipinski definition) is 1. The smallest absolute Gasteiger partial charge is 0.262 e. The van der Waals surface area contributed by atoms with Gasteiger partial charge in [0.1, 0.15) is 11.1 Å². The molecule has 9 heteroatoms. The monoisotopic (exact) mass is 520 g/mol. The van der Waals surface area contributed by atoms with Crippen LogP contribution in [0.5, 0.6) is 0 Å². The molecular weight excluding hydrogens is 499 g/mol. The number of benzene rings is 3. The summed E-state index contributed by atoms with van der Waals surface area (Å²) in [5, 5.41) is 9.49. The number of anilines is 1. The van der Waals surface area contributed by atoms with Crippen molar-refractivity contribution in [3.8, 4) is 0 Å². The molecule has 3 aromatic carbocycles. The van der Waals surface area contributed by atoms with Crippen LogP contribution in [0.4, 0.5) is 10.1 Å². The number of amides is 2. The number of hydrogen-bond acceptors (Lipinski definition) is 5. The van der Waals surface area contributed by atoms with Crippen LogP contribution in [-0.2, 0) is 9.59 Å². The topological polar surface area (TPSA) is 74.1 Å². The van der Waals surface area contributed by atoms with Gasteiger partial charge in [0.25, 0.3) is 5.91 Å². The number of nitrogens with one attached hydrogen (secondary N) is 1. The van der Waals surface area contributed by atoms with Gasteiger partial charge in [0.2, 0.25) is 5.91 Å². The van der Waals surface area contributed by atoms with Crippen LogP contribution >= 0.6 is 23.4 Å². The van der Waals surface area contributed by atoms with E-state index in [1.54, 1.807) is 41.4 Å². The molecule has 6 nitrogen and oxygen atoms in total. The second-order valence-corrected chi connectivity index (χ2v) is 10.2. The van der Waals surface area contributed by atoms with E-state index in [4.69, 9.17) is 16.7 Å². The van der Waals surface area contributed by atoms with Crippen LogP contribution in [0.15, 0.2) is 82.9 Å². The predicted molar refractivity (Wildman–Crippen MR) is 142 cm³/mol. The molecule has 0 spiro atoms. The number of carbonyl (C=O) groups excluding carboxylic acids is 2. The highest BCUT2D eigenvalue weighted by atomic mass is 35.5. The Hall–Kier alpha value is -3.49. The molecule has 2 aliphatic heterocycles. The van der Waals surface area contributed by atoms with Crippen molar-refractivity contribution < 1.29 is 14.0 Å². The minimum Gasteiger partial charge on any atom is -0.325 e.